The molecule has 1 aromatic heterocycles. The van der Waals surface area contributed by atoms with Crippen LogP contribution in [0, 0.1) is 0 Å². The maximum Gasteiger partial charge on any atom is 0.256 e. The van der Waals surface area contributed by atoms with Crippen LogP contribution in [-0.2, 0) is 4.79 Å². The molecule has 0 saturated heterocycles. The van der Waals surface area contributed by atoms with Gasteiger partial charge in [0.15, 0.2) is 0 Å². The average molecular weight is 331 g/mol. The topological polar surface area (TPSA) is 51.5 Å². The molecule has 124 valence electrons. The number of anilines is 1. The molecule has 1 aliphatic rings. The predicted octanol–water partition coefficient (Wildman–Crippen LogP) is 4.84. The van der Waals surface area contributed by atoms with E-state index in [1.165, 1.54) is 0 Å². The van der Waals surface area contributed by atoms with Gasteiger partial charge in [-0.2, -0.15) is 0 Å². The first-order valence-electron chi connectivity index (χ1n) is 8.19. The van der Waals surface area contributed by atoms with Gasteiger partial charge in [0.2, 0.25) is 0 Å². The smallest absolute Gasteiger partial charge is 0.256 e. The van der Waals surface area contributed by atoms with E-state index in [4.69, 9.17) is 9.15 Å². The number of hydrogen-bond donors (Lipinski definition) is 1. The van der Waals surface area contributed by atoms with Crippen molar-refractivity contribution in [3.8, 4) is 17.1 Å². The van der Waals surface area contributed by atoms with Gasteiger partial charge in [-0.1, -0.05) is 24.3 Å². The minimum absolute atomic E-state index is 0.113. The van der Waals surface area contributed by atoms with Crippen LogP contribution in [0.5, 0.6) is 5.75 Å². The molecule has 4 heteroatoms. The van der Waals surface area contributed by atoms with Gasteiger partial charge in [0, 0.05) is 22.8 Å². The minimum Gasteiger partial charge on any atom is -0.494 e. The quantitative estimate of drug-likeness (QED) is 0.696. The molecule has 0 saturated carbocycles. The van der Waals surface area contributed by atoms with E-state index in [-0.39, 0.29) is 5.91 Å². The number of carbonyl (C=O) groups excluding carboxylic acids is 1. The number of furan rings is 1. The number of carbonyl (C=O) groups is 1. The predicted molar refractivity (Wildman–Crippen MR) is 98.3 cm³/mol. The summed E-state index contributed by atoms with van der Waals surface area (Å²) in [5.74, 6) is 1.41. The van der Waals surface area contributed by atoms with E-state index < -0.39 is 0 Å². The normalized spacial score (nSPS) is 14.4. The van der Waals surface area contributed by atoms with Crippen molar-refractivity contribution in [2.45, 2.75) is 6.92 Å². The highest BCUT2D eigenvalue weighted by Crippen LogP contribution is 2.37. The van der Waals surface area contributed by atoms with Gasteiger partial charge in [-0.15, -0.1) is 0 Å². The summed E-state index contributed by atoms with van der Waals surface area (Å²) in [7, 11) is 0. The summed E-state index contributed by atoms with van der Waals surface area (Å²) in [6.07, 6.45) is 3.55. The highest BCUT2D eigenvalue weighted by Gasteiger charge is 2.25. The fourth-order valence-electron chi connectivity index (χ4n) is 3.01. The summed E-state index contributed by atoms with van der Waals surface area (Å²) in [4.78, 5) is 12.5. The van der Waals surface area contributed by atoms with Crippen LogP contribution in [0.25, 0.3) is 23.0 Å². The molecule has 4 rings (SSSR count). The lowest BCUT2D eigenvalue weighted by Gasteiger charge is -2.06. The van der Waals surface area contributed by atoms with Gasteiger partial charge in [-0.25, -0.2) is 0 Å². The third-order valence-corrected chi connectivity index (χ3v) is 4.13. The zero-order valence-electron chi connectivity index (χ0n) is 13.8. The van der Waals surface area contributed by atoms with Crippen molar-refractivity contribution in [3.63, 3.8) is 0 Å². The fourth-order valence-corrected chi connectivity index (χ4v) is 3.01. The molecule has 0 unspecified atom stereocenters. The first kappa shape index (κ1) is 15.3. The van der Waals surface area contributed by atoms with Gasteiger partial charge < -0.3 is 14.5 Å². The first-order valence-corrected chi connectivity index (χ1v) is 8.19. The van der Waals surface area contributed by atoms with E-state index >= 15 is 0 Å². The van der Waals surface area contributed by atoms with Crippen molar-refractivity contribution >= 4 is 23.2 Å². The van der Waals surface area contributed by atoms with Crippen LogP contribution in [0.2, 0.25) is 0 Å². The molecule has 2 heterocycles. The van der Waals surface area contributed by atoms with Gasteiger partial charge in [0.25, 0.3) is 5.91 Å². The molecule has 0 atom stereocenters. The van der Waals surface area contributed by atoms with Crippen molar-refractivity contribution in [2.24, 2.45) is 0 Å². The maximum absolute atomic E-state index is 12.5. The van der Waals surface area contributed by atoms with E-state index in [1.807, 2.05) is 67.6 Å². The molecule has 0 radical (unpaired) electrons. The Bertz CT molecular complexity index is 955. The molecule has 4 nitrogen and oxygen atoms in total. The minimum atomic E-state index is -0.113. The average Bonchev–Trinajstić information content (AvgIpc) is 3.24. The first-order chi connectivity index (χ1) is 12.3. The Morgan fingerprint density at radius 2 is 1.96 bits per heavy atom. The lowest BCUT2D eigenvalue weighted by Crippen LogP contribution is -2.03. The summed E-state index contributed by atoms with van der Waals surface area (Å²) in [5, 5.41) is 2.91. The molecule has 2 aromatic carbocycles. The second kappa shape index (κ2) is 6.32. The molecule has 1 aliphatic heterocycles. The third kappa shape index (κ3) is 2.83. The number of amides is 1. The third-order valence-electron chi connectivity index (χ3n) is 4.13. The van der Waals surface area contributed by atoms with E-state index in [9.17, 15) is 4.79 Å². The molecule has 1 N–H and O–H groups in total. The Kier molecular flexibility index (Phi) is 3.86. The van der Waals surface area contributed by atoms with Gasteiger partial charge >= 0.3 is 0 Å². The van der Waals surface area contributed by atoms with E-state index in [2.05, 4.69) is 5.32 Å². The van der Waals surface area contributed by atoms with E-state index in [0.29, 0.717) is 12.2 Å². The van der Waals surface area contributed by atoms with Crippen LogP contribution < -0.4 is 10.1 Å². The van der Waals surface area contributed by atoms with Crippen LogP contribution in [0.4, 0.5) is 5.69 Å². The number of rotatable bonds is 4. The standard InChI is InChI=1S/C21H17NO3/c1-2-24-15-9-10-17-18(21(23)22-19(17)13-15)12-14-6-3-4-7-16(14)20-8-5-11-25-20/h3-13H,2H2,1H3,(H,22,23). The van der Waals surface area contributed by atoms with Gasteiger partial charge in [0.1, 0.15) is 11.5 Å². The van der Waals surface area contributed by atoms with Gasteiger partial charge in [0.05, 0.1) is 18.6 Å². The van der Waals surface area contributed by atoms with E-state index in [0.717, 1.165) is 33.9 Å². The summed E-state index contributed by atoms with van der Waals surface area (Å²) in [5.41, 5.74) is 4.17. The monoisotopic (exact) mass is 331 g/mol. The van der Waals surface area contributed by atoms with Crippen LogP contribution in [-0.4, -0.2) is 12.5 Å². The van der Waals surface area contributed by atoms with E-state index in [1.54, 1.807) is 6.26 Å². The molecule has 0 spiro atoms. The lowest BCUT2D eigenvalue weighted by atomic mass is 9.99. The zero-order chi connectivity index (χ0) is 17.2. The van der Waals surface area contributed by atoms with Gasteiger partial charge in [-0.3, -0.25) is 4.79 Å². The molecular formula is C21H17NO3. The van der Waals surface area contributed by atoms with Crippen LogP contribution >= 0.6 is 0 Å². The molecule has 25 heavy (non-hydrogen) atoms. The molecule has 0 aliphatic carbocycles. The number of hydrogen-bond acceptors (Lipinski definition) is 3. The second-order valence-electron chi connectivity index (χ2n) is 5.72. The Morgan fingerprint density at radius 3 is 2.76 bits per heavy atom. The molecular weight excluding hydrogens is 314 g/mol. The SMILES string of the molecule is CCOc1ccc2c(c1)NC(=O)C2=Cc1ccccc1-c1ccco1. The molecule has 0 bridgehead atoms. The number of fused-ring (bicyclic) bond motifs is 1. The fraction of sp³-hybridized carbons (Fsp3) is 0.0952. The summed E-state index contributed by atoms with van der Waals surface area (Å²) in [6, 6.07) is 17.3. The Balaban J connectivity index is 1.78. The molecule has 1 amide bonds. The van der Waals surface area contributed by atoms with Gasteiger partial charge in [-0.05, 0) is 42.8 Å². The maximum atomic E-state index is 12.5. The van der Waals surface area contributed by atoms with Crippen molar-refractivity contribution < 1.29 is 13.9 Å². The van der Waals surface area contributed by atoms with Crippen molar-refractivity contribution in [3.05, 3.63) is 72.0 Å². The van der Waals surface area contributed by atoms with Crippen LogP contribution in [0.3, 0.4) is 0 Å². The summed E-state index contributed by atoms with van der Waals surface area (Å²) in [6.45, 7) is 2.52. The van der Waals surface area contributed by atoms with Crippen molar-refractivity contribution in [1.82, 2.24) is 0 Å². The number of nitrogens with one attached hydrogen (secondary N) is 1. The largest absolute Gasteiger partial charge is 0.494 e. The summed E-state index contributed by atoms with van der Waals surface area (Å²) >= 11 is 0. The Hall–Kier alpha value is -3.27. The van der Waals surface area contributed by atoms with Crippen LogP contribution in [0.15, 0.2) is 65.3 Å². The lowest BCUT2D eigenvalue weighted by molar-refractivity contribution is -0.110. The second-order valence-corrected chi connectivity index (χ2v) is 5.72. The Labute approximate surface area is 145 Å². The van der Waals surface area contributed by atoms with Crippen molar-refractivity contribution in [1.29, 1.82) is 0 Å². The summed E-state index contributed by atoms with van der Waals surface area (Å²) < 4.78 is 11.0. The highest BCUT2D eigenvalue weighted by atomic mass is 16.5. The molecule has 0 fully saturated rings. The number of ether oxygens (including phenoxy) is 1. The van der Waals surface area contributed by atoms with Crippen LogP contribution in [0.1, 0.15) is 18.1 Å². The number of benzene rings is 2. The zero-order valence-corrected chi connectivity index (χ0v) is 13.8. The van der Waals surface area contributed by atoms with Crippen molar-refractivity contribution in [2.75, 3.05) is 11.9 Å². The Morgan fingerprint density at radius 1 is 1.08 bits per heavy atom. The highest BCUT2D eigenvalue weighted by molar-refractivity contribution is 6.35. The molecule has 3 aromatic rings.